The van der Waals surface area contributed by atoms with Crippen LogP contribution < -0.4 is 0 Å². The minimum absolute atomic E-state index is 0.261. The van der Waals surface area contributed by atoms with Gasteiger partial charge in [0, 0.05) is 0 Å². The second-order valence-electron chi connectivity index (χ2n) is 4.38. The summed E-state index contributed by atoms with van der Waals surface area (Å²) in [6.45, 7) is 2.16. The zero-order valence-corrected chi connectivity index (χ0v) is 8.45. The molecule has 2 rings (SSSR count). The molecule has 0 aromatic rings. The van der Waals surface area contributed by atoms with Crippen LogP contribution >= 0.6 is 0 Å². The highest BCUT2D eigenvalue weighted by Crippen LogP contribution is 2.56. The summed E-state index contributed by atoms with van der Waals surface area (Å²) in [5, 5.41) is 9.18. The summed E-state index contributed by atoms with van der Waals surface area (Å²) < 4.78 is 5.01. The molecular formula is C11H15NO2. The van der Waals surface area contributed by atoms with Crippen LogP contribution in [0.15, 0.2) is 0 Å². The van der Waals surface area contributed by atoms with E-state index in [1.807, 2.05) is 0 Å². The molecule has 0 aromatic carbocycles. The lowest BCUT2D eigenvalue weighted by Gasteiger charge is -2.28. The fourth-order valence-corrected chi connectivity index (χ4v) is 3.02. The lowest BCUT2D eigenvalue weighted by Crippen LogP contribution is -2.36. The molecular weight excluding hydrogens is 178 g/mol. The van der Waals surface area contributed by atoms with E-state index in [-0.39, 0.29) is 11.9 Å². The number of nitriles is 1. The smallest absolute Gasteiger partial charge is 0.326 e. The van der Waals surface area contributed by atoms with Crippen molar-refractivity contribution in [1.82, 2.24) is 0 Å². The summed E-state index contributed by atoms with van der Waals surface area (Å²) in [4.78, 5) is 11.7. The molecule has 0 amide bonds. The van der Waals surface area contributed by atoms with Crippen molar-refractivity contribution in [2.45, 2.75) is 32.6 Å². The number of carbonyl (C=O) groups excluding carboxylic acids is 1. The maximum absolute atomic E-state index is 11.7. The zero-order valence-electron chi connectivity index (χ0n) is 8.45. The maximum atomic E-state index is 11.7. The van der Waals surface area contributed by atoms with Gasteiger partial charge in [0.05, 0.1) is 12.7 Å². The highest BCUT2D eigenvalue weighted by molar-refractivity contribution is 5.81. The average Bonchev–Trinajstić information content (AvgIpc) is 2.77. The summed E-state index contributed by atoms with van der Waals surface area (Å²) in [5.74, 6) is 0.565. The van der Waals surface area contributed by atoms with E-state index in [0.717, 1.165) is 19.3 Å². The fraction of sp³-hybridized carbons (Fsp3) is 0.818. The van der Waals surface area contributed by atoms with Crippen molar-refractivity contribution < 1.29 is 9.53 Å². The monoisotopic (exact) mass is 193 g/mol. The molecule has 0 aromatic heterocycles. The van der Waals surface area contributed by atoms with E-state index in [0.29, 0.717) is 12.5 Å². The molecule has 3 heteroatoms. The first-order valence-corrected chi connectivity index (χ1v) is 5.31. The number of esters is 1. The van der Waals surface area contributed by atoms with E-state index in [1.165, 1.54) is 6.42 Å². The third kappa shape index (κ3) is 1.13. The second kappa shape index (κ2) is 3.27. The molecule has 0 saturated heterocycles. The van der Waals surface area contributed by atoms with Crippen molar-refractivity contribution in [3.8, 4) is 6.07 Å². The van der Waals surface area contributed by atoms with Crippen LogP contribution in [0.25, 0.3) is 0 Å². The number of ether oxygens (including phenoxy) is 1. The van der Waals surface area contributed by atoms with Crippen LogP contribution in [-0.2, 0) is 9.53 Å². The van der Waals surface area contributed by atoms with E-state index in [1.54, 1.807) is 6.92 Å². The van der Waals surface area contributed by atoms with Gasteiger partial charge in [-0.3, -0.25) is 4.79 Å². The van der Waals surface area contributed by atoms with Crippen molar-refractivity contribution in [2.75, 3.05) is 6.61 Å². The quantitative estimate of drug-likeness (QED) is 0.629. The molecule has 0 aliphatic heterocycles. The summed E-state index contributed by atoms with van der Waals surface area (Å²) >= 11 is 0. The van der Waals surface area contributed by atoms with Gasteiger partial charge in [-0.15, -0.1) is 0 Å². The molecule has 0 unspecified atom stereocenters. The van der Waals surface area contributed by atoms with E-state index < -0.39 is 5.41 Å². The number of hydrogen-bond acceptors (Lipinski definition) is 3. The van der Waals surface area contributed by atoms with Crippen molar-refractivity contribution >= 4 is 5.97 Å². The van der Waals surface area contributed by atoms with Crippen LogP contribution in [0.3, 0.4) is 0 Å². The Morgan fingerprint density at radius 2 is 2.43 bits per heavy atom. The first-order chi connectivity index (χ1) is 6.73. The van der Waals surface area contributed by atoms with Crippen molar-refractivity contribution in [1.29, 1.82) is 5.26 Å². The Bertz CT molecular complexity index is 294. The Labute approximate surface area is 84.0 Å². The lowest BCUT2D eigenvalue weighted by molar-refractivity contribution is -0.154. The number of rotatable bonds is 2. The SMILES string of the molecule is CCOC(=O)[C@@]1(C#N)C[C@@H]2CC[C@@H]1C2. The molecule has 2 fully saturated rings. The molecule has 3 nitrogen and oxygen atoms in total. The molecule has 2 aliphatic rings. The van der Waals surface area contributed by atoms with Crippen molar-refractivity contribution in [3.05, 3.63) is 0 Å². The summed E-state index contributed by atoms with van der Waals surface area (Å²) in [6, 6.07) is 2.22. The largest absolute Gasteiger partial charge is 0.465 e. The van der Waals surface area contributed by atoms with Gasteiger partial charge in [0.15, 0.2) is 5.41 Å². The van der Waals surface area contributed by atoms with E-state index in [2.05, 4.69) is 6.07 Å². The van der Waals surface area contributed by atoms with E-state index >= 15 is 0 Å². The third-order valence-electron chi connectivity index (χ3n) is 3.69. The highest BCUT2D eigenvalue weighted by Gasteiger charge is 2.57. The molecule has 0 radical (unpaired) electrons. The van der Waals surface area contributed by atoms with Crippen LogP contribution in [0.1, 0.15) is 32.6 Å². The molecule has 0 heterocycles. The maximum Gasteiger partial charge on any atom is 0.326 e. The van der Waals surface area contributed by atoms with Crippen LogP contribution in [-0.4, -0.2) is 12.6 Å². The summed E-state index contributed by atoms with van der Waals surface area (Å²) in [6.07, 6.45) is 3.99. The fourth-order valence-electron chi connectivity index (χ4n) is 3.02. The number of hydrogen-bond donors (Lipinski definition) is 0. The zero-order chi connectivity index (χ0) is 10.2. The minimum atomic E-state index is -0.793. The van der Waals surface area contributed by atoms with Gasteiger partial charge in [-0.1, -0.05) is 6.42 Å². The molecule has 14 heavy (non-hydrogen) atoms. The lowest BCUT2D eigenvalue weighted by atomic mass is 9.74. The molecule has 3 atom stereocenters. The van der Waals surface area contributed by atoms with Crippen molar-refractivity contribution in [2.24, 2.45) is 17.3 Å². The number of fused-ring (bicyclic) bond motifs is 2. The van der Waals surface area contributed by atoms with Crippen LogP contribution in [0.4, 0.5) is 0 Å². The van der Waals surface area contributed by atoms with Gasteiger partial charge in [-0.2, -0.15) is 5.26 Å². The predicted molar refractivity (Wildman–Crippen MR) is 50.1 cm³/mol. The second-order valence-corrected chi connectivity index (χ2v) is 4.38. The first-order valence-electron chi connectivity index (χ1n) is 5.31. The Morgan fingerprint density at radius 1 is 1.64 bits per heavy atom. The normalized spacial score (nSPS) is 39.4. The molecule has 2 bridgehead atoms. The molecule has 0 spiro atoms. The molecule has 0 N–H and O–H groups in total. The minimum Gasteiger partial charge on any atom is -0.465 e. The van der Waals surface area contributed by atoms with Gasteiger partial charge in [0.1, 0.15) is 0 Å². The first kappa shape index (κ1) is 9.51. The Hall–Kier alpha value is -1.04. The third-order valence-corrected chi connectivity index (χ3v) is 3.69. The van der Waals surface area contributed by atoms with Gasteiger partial charge < -0.3 is 4.74 Å². The van der Waals surface area contributed by atoms with Gasteiger partial charge in [-0.25, -0.2) is 0 Å². The Balaban J connectivity index is 2.20. The summed E-state index contributed by atoms with van der Waals surface area (Å²) in [5.41, 5.74) is -0.793. The van der Waals surface area contributed by atoms with Crippen LogP contribution in [0.2, 0.25) is 0 Å². The Kier molecular flexibility index (Phi) is 2.22. The van der Waals surface area contributed by atoms with Gasteiger partial charge >= 0.3 is 5.97 Å². The average molecular weight is 193 g/mol. The van der Waals surface area contributed by atoms with Crippen LogP contribution in [0, 0.1) is 28.6 Å². The predicted octanol–water partition coefficient (Wildman–Crippen LogP) is 1.88. The molecule has 2 aliphatic carbocycles. The standard InChI is InChI=1S/C11H15NO2/c1-2-14-10(13)11(7-12)6-8-3-4-9(11)5-8/h8-9H,2-6H2,1H3/t8-,9-,11-/m1/s1. The van der Waals surface area contributed by atoms with E-state index in [4.69, 9.17) is 4.74 Å². The number of nitrogens with zero attached hydrogens (tertiary/aromatic N) is 1. The summed E-state index contributed by atoms with van der Waals surface area (Å²) in [7, 11) is 0. The topological polar surface area (TPSA) is 50.1 Å². The van der Waals surface area contributed by atoms with Crippen molar-refractivity contribution in [3.63, 3.8) is 0 Å². The molecule has 76 valence electrons. The van der Waals surface area contributed by atoms with Gasteiger partial charge in [0.2, 0.25) is 0 Å². The van der Waals surface area contributed by atoms with Crippen LogP contribution in [0.5, 0.6) is 0 Å². The molecule has 2 saturated carbocycles. The van der Waals surface area contributed by atoms with Gasteiger partial charge in [0.25, 0.3) is 0 Å². The Morgan fingerprint density at radius 3 is 2.86 bits per heavy atom. The highest BCUT2D eigenvalue weighted by atomic mass is 16.5. The van der Waals surface area contributed by atoms with E-state index in [9.17, 15) is 10.1 Å². The number of carbonyl (C=O) groups is 1. The van der Waals surface area contributed by atoms with Gasteiger partial charge in [-0.05, 0) is 38.0 Å².